The molecule has 6 heteroatoms. The number of nitrogens with one attached hydrogen (secondary N) is 1. The van der Waals surface area contributed by atoms with E-state index in [1.807, 2.05) is 65.3 Å². The number of aromatic nitrogens is 3. The Morgan fingerprint density at radius 1 is 1.12 bits per heavy atom. The maximum absolute atomic E-state index is 5.42. The molecule has 0 aliphatic carbocycles. The fourth-order valence-electron chi connectivity index (χ4n) is 2.96. The molecule has 0 fully saturated rings. The predicted molar refractivity (Wildman–Crippen MR) is 97.2 cm³/mol. The molecule has 1 N–H and O–H groups in total. The smallest absolute Gasteiger partial charge is 0.231 e. The average Bonchev–Trinajstić information content (AvgIpc) is 3.33. The van der Waals surface area contributed by atoms with Crippen LogP contribution in [-0.4, -0.2) is 21.4 Å². The molecule has 2 aromatic carbocycles. The maximum atomic E-state index is 5.42. The van der Waals surface area contributed by atoms with Crippen LogP contribution in [0.2, 0.25) is 0 Å². The van der Waals surface area contributed by atoms with Crippen molar-refractivity contribution in [3.8, 4) is 22.8 Å². The van der Waals surface area contributed by atoms with Crippen LogP contribution < -0.4 is 14.8 Å². The van der Waals surface area contributed by atoms with Crippen LogP contribution in [-0.2, 0) is 6.54 Å². The Labute approximate surface area is 150 Å². The summed E-state index contributed by atoms with van der Waals surface area (Å²) in [6, 6.07) is 20.7. The zero-order chi connectivity index (χ0) is 17.3. The largest absolute Gasteiger partial charge is 0.454 e. The zero-order valence-electron chi connectivity index (χ0n) is 13.8. The number of ether oxygens (including phenoxy) is 2. The summed E-state index contributed by atoms with van der Waals surface area (Å²) in [6.07, 6.45) is 1.83. The molecular weight excluding hydrogens is 328 g/mol. The minimum Gasteiger partial charge on any atom is -0.454 e. The quantitative estimate of drug-likeness (QED) is 0.614. The Hall–Kier alpha value is -3.54. The number of nitrogens with zero attached hydrogens (tertiary/aromatic N) is 3. The first-order valence-electron chi connectivity index (χ1n) is 8.30. The first kappa shape index (κ1) is 14.8. The Balaban J connectivity index is 1.41. The van der Waals surface area contributed by atoms with Crippen molar-refractivity contribution in [2.75, 3.05) is 12.1 Å². The molecule has 26 heavy (non-hydrogen) atoms. The molecule has 0 saturated heterocycles. The summed E-state index contributed by atoms with van der Waals surface area (Å²) >= 11 is 0. The Morgan fingerprint density at radius 3 is 3.00 bits per heavy atom. The summed E-state index contributed by atoms with van der Waals surface area (Å²) in [4.78, 5) is 4.42. The molecule has 6 nitrogen and oxygen atoms in total. The highest BCUT2D eigenvalue weighted by molar-refractivity contribution is 5.63. The lowest BCUT2D eigenvalue weighted by Gasteiger charge is -2.08. The second-order valence-corrected chi connectivity index (χ2v) is 5.97. The fraction of sp³-hybridized carbons (Fsp3) is 0.100. The van der Waals surface area contributed by atoms with Gasteiger partial charge in [0.15, 0.2) is 17.1 Å². The second kappa shape index (κ2) is 6.07. The third-order valence-corrected chi connectivity index (χ3v) is 4.28. The van der Waals surface area contributed by atoms with E-state index in [0.29, 0.717) is 6.54 Å². The number of fused-ring (bicyclic) bond motifs is 2. The third kappa shape index (κ3) is 2.61. The van der Waals surface area contributed by atoms with Crippen molar-refractivity contribution < 1.29 is 9.47 Å². The van der Waals surface area contributed by atoms with E-state index >= 15 is 0 Å². The van der Waals surface area contributed by atoms with Crippen molar-refractivity contribution >= 4 is 11.5 Å². The van der Waals surface area contributed by atoms with Gasteiger partial charge in [0.25, 0.3) is 0 Å². The molecule has 2 aromatic heterocycles. The molecular formula is C20H15N4O2. The lowest BCUT2D eigenvalue weighted by molar-refractivity contribution is 0.174. The van der Waals surface area contributed by atoms with E-state index < -0.39 is 0 Å². The minimum atomic E-state index is 0.282. The number of anilines is 1. The van der Waals surface area contributed by atoms with E-state index in [1.165, 1.54) is 0 Å². The van der Waals surface area contributed by atoms with Gasteiger partial charge in [-0.25, -0.2) is 9.50 Å². The molecule has 0 unspecified atom stereocenters. The standard InChI is InChI=1S/C20H15N4O2/c1-2-4-15(5-3-1)16-12-22-20-9-8-19(23-24(16)20)21-11-14-6-7-17-18(10-14)26-13-25-17/h1-2,4-10,12H,11,13H2,(H,21,23). The van der Waals surface area contributed by atoms with Gasteiger partial charge in [0.1, 0.15) is 5.82 Å². The van der Waals surface area contributed by atoms with E-state index in [9.17, 15) is 0 Å². The van der Waals surface area contributed by atoms with Gasteiger partial charge >= 0.3 is 0 Å². The highest BCUT2D eigenvalue weighted by atomic mass is 16.7. The van der Waals surface area contributed by atoms with Crippen LogP contribution in [0.25, 0.3) is 16.9 Å². The van der Waals surface area contributed by atoms with Gasteiger partial charge in [-0.05, 0) is 42.0 Å². The predicted octanol–water partition coefficient (Wildman–Crippen LogP) is 3.54. The number of benzene rings is 2. The number of imidazole rings is 1. The fourth-order valence-corrected chi connectivity index (χ4v) is 2.96. The topological polar surface area (TPSA) is 60.7 Å². The summed E-state index contributed by atoms with van der Waals surface area (Å²) in [6.45, 7) is 0.920. The monoisotopic (exact) mass is 343 g/mol. The lowest BCUT2D eigenvalue weighted by atomic mass is 10.2. The van der Waals surface area contributed by atoms with Gasteiger partial charge in [-0.1, -0.05) is 24.3 Å². The van der Waals surface area contributed by atoms with Crippen molar-refractivity contribution in [2.45, 2.75) is 6.54 Å². The Morgan fingerprint density at radius 2 is 2.08 bits per heavy atom. The Kier molecular flexibility index (Phi) is 3.45. The molecule has 0 saturated carbocycles. The van der Waals surface area contributed by atoms with Gasteiger partial charge in [0, 0.05) is 12.1 Å². The van der Waals surface area contributed by atoms with Crippen molar-refractivity contribution in [1.29, 1.82) is 0 Å². The third-order valence-electron chi connectivity index (χ3n) is 4.28. The molecule has 4 aromatic rings. The van der Waals surface area contributed by atoms with Crippen LogP contribution in [0.4, 0.5) is 5.82 Å². The molecule has 0 spiro atoms. The van der Waals surface area contributed by atoms with E-state index in [-0.39, 0.29) is 6.79 Å². The van der Waals surface area contributed by atoms with E-state index in [2.05, 4.69) is 21.5 Å². The summed E-state index contributed by atoms with van der Waals surface area (Å²) < 4.78 is 12.6. The summed E-state index contributed by atoms with van der Waals surface area (Å²) in [5, 5.41) is 8.02. The minimum absolute atomic E-state index is 0.282. The number of hydrogen-bond acceptors (Lipinski definition) is 5. The molecule has 0 amide bonds. The highest BCUT2D eigenvalue weighted by Crippen LogP contribution is 2.32. The molecule has 1 radical (unpaired) electrons. The highest BCUT2D eigenvalue weighted by Gasteiger charge is 2.13. The number of rotatable bonds is 4. The average molecular weight is 343 g/mol. The van der Waals surface area contributed by atoms with Crippen molar-refractivity contribution in [3.05, 3.63) is 72.4 Å². The summed E-state index contributed by atoms with van der Waals surface area (Å²) in [5.74, 6) is 2.34. The van der Waals surface area contributed by atoms with E-state index in [4.69, 9.17) is 9.47 Å². The van der Waals surface area contributed by atoms with Gasteiger partial charge in [-0.15, -0.1) is 5.10 Å². The summed E-state index contributed by atoms with van der Waals surface area (Å²) in [7, 11) is 0. The van der Waals surface area contributed by atoms with Crippen molar-refractivity contribution in [3.63, 3.8) is 0 Å². The van der Waals surface area contributed by atoms with Crippen LogP contribution in [0.3, 0.4) is 0 Å². The molecule has 0 bridgehead atoms. The first-order valence-corrected chi connectivity index (χ1v) is 8.30. The number of hydrogen-bond donors (Lipinski definition) is 1. The lowest BCUT2D eigenvalue weighted by Crippen LogP contribution is -2.04. The van der Waals surface area contributed by atoms with Crippen molar-refractivity contribution in [2.24, 2.45) is 0 Å². The molecule has 1 aliphatic heterocycles. The van der Waals surface area contributed by atoms with E-state index in [1.54, 1.807) is 0 Å². The van der Waals surface area contributed by atoms with Gasteiger partial charge in [0.2, 0.25) is 6.79 Å². The maximum Gasteiger partial charge on any atom is 0.231 e. The first-order chi connectivity index (χ1) is 12.9. The summed E-state index contributed by atoms with van der Waals surface area (Å²) in [5.41, 5.74) is 3.86. The van der Waals surface area contributed by atoms with Crippen LogP contribution in [0.15, 0.2) is 60.8 Å². The normalized spacial score (nSPS) is 12.5. The van der Waals surface area contributed by atoms with E-state index in [0.717, 1.165) is 39.8 Å². The zero-order valence-corrected chi connectivity index (χ0v) is 13.8. The van der Waals surface area contributed by atoms with Gasteiger partial charge in [-0.2, -0.15) is 0 Å². The molecule has 5 rings (SSSR count). The van der Waals surface area contributed by atoms with Gasteiger partial charge < -0.3 is 14.8 Å². The SMILES string of the molecule is [c]1cccc(-c2cnc3ccc(NCc4ccc5c(c4)OCO5)nn23)c1. The molecule has 3 heterocycles. The van der Waals surface area contributed by atoms with Gasteiger partial charge in [0.05, 0.1) is 11.9 Å². The second-order valence-electron chi connectivity index (χ2n) is 5.97. The van der Waals surface area contributed by atoms with Crippen LogP contribution in [0.5, 0.6) is 11.5 Å². The molecule has 127 valence electrons. The molecule has 1 aliphatic rings. The van der Waals surface area contributed by atoms with Crippen LogP contribution in [0.1, 0.15) is 5.56 Å². The van der Waals surface area contributed by atoms with Crippen LogP contribution >= 0.6 is 0 Å². The Bertz CT molecular complexity index is 1080. The van der Waals surface area contributed by atoms with Crippen molar-refractivity contribution in [1.82, 2.24) is 14.6 Å². The van der Waals surface area contributed by atoms with Crippen LogP contribution in [0, 0.1) is 6.07 Å². The molecule has 0 atom stereocenters. The van der Waals surface area contributed by atoms with Gasteiger partial charge in [-0.3, -0.25) is 0 Å².